The molecular formula is C21H11F7N2O4. The summed E-state index contributed by atoms with van der Waals surface area (Å²) in [6.07, 6.45) is 0.598. The molecule has 1 heterocycles. The minimum absolute atomic E-state index is 0.174. The van der Waals surface area contributed by atoms with E-state index in [0.717, 1.165) is 0 Å². The summed E-state index contributed by atoms with van der Waals surface area (Å²) in [5.41, 5.74) is -5.18. The molecule has 6 nitrogen and oxygen atoms in total. The second kappa shape index (κ2) is 8.36. The molecule has 0 fully saturated rings. The zero-order valence-corrected chi connectivity index (χ0v) is 17.1. The van der Waals surface area contributed by atoms with Crippen LogP contribution in [0.15, 0.2) is 12.1 Å². The second-order valence-corrected chi connectivity index (χ2v) is 6.87. The quantitative estimate of drug-likeness (QED) is 0.374. The molecule has 3 amide bonds. The first-order valence-electron chi connectivity index (χ1n) is 9.07. The number of fused-ring (bicyclic) bond motifs is 1. The highest BCUT2D eigenvalue weighted by atomic mass is 19.3. The van der Waals surface area contributed by atoms with E-state index < -0.39 is 87.7 Å². The van der Waals surface area contributed by atoms with Crippen LogP contribution in [0.3, 0.4) is 0 Å². The lowest BCUT2D eigenvalue weighted by Gasteiger charge is -2.32. The van der Waals surface area contributed by atoms with E-state index in [1.807, 2.05) is 5.92 Å². The number of hydrogen-bond acceptors (Lipinski definition) is 4. The number of nitrogens with zero attached hydrogens (tertiary/aromatic N) is 2. The maximum Gasteiger partial charge on any atom is 0.483 e. The zero-order valence-electron chi connectivity index (χ0n) is 17.1. The average molecular weight is 488 g/mol. The summed E-state index contributed by atoms with van der Waals surface area (Å²) >= 11 is 0. The number of imide groups is 1. The normalized spacial score (nSPS) is 14.2. The monoisotopic (exact) mass is 488 g/mol. The Labute approximate surface area is 186 Å². The number of hydrogen-bond donors (Lipinski definition) is 0. The molecule has 2 aromatic carbocycles. The van der Waals surface area contributed by atoms with Crippen LogP contribution in [0.1, 0.15) is 13.8 Å². The maximum absolute atomic E-state index is 14.9. The first-order valence-corrected chi connectivity index (χ1v) is 9.07. The molecule has 0 aromatic heterocycles. The molecule has 3 rings (SSSR count). The Morgan fingerprint density at radius 1 is 1.03 bits per heavy atom. The van der Waals surface area contributed by atoms with Crippen molar-refractivity contribution in [2.24, 2.45) is 0 Å². The van der Waals surface area contributed by atoms with Crippen LogP contribution in [0.5, 0.6) is 5.75 Å². The number of halogens is 7. The summed E-state index contributed by atoms with van der Waals surface area (Å²) < 4.78 is 106. The summed E-state index contributed by atoms with van der Waals surface area (Å²) in [5.74, 6) is -14.1. The highest BCUT2D eigenvalue weighted by Gasteiger charge is 2.51. The Kier molecular flexibility index (Phi) is 6.04. The molecule has 0 spiro atoms. The molecule has 0 saturated heterocycles. The standard InChI is InChI=1S/C21H11F7N2O4/c1-4-5-29-12-6-10(11(22)7-13(12)34-21(27,28)20(29)33)14-15(23)17(25)19(18(26)16(14)24)30(8(2)31)9(3)32/h1,6-7H,5H2,2-3H3. The van der Waals surface area contributed by atoms with E-state index in [-0.39, 0.29) is 15.9 Å². The van der Waals surface area contributed by atoms with Crippen molar-refractivity contribution < 1.29 is 49.9 Å². The van der Waals surface area contributed by atoms with Crippen LogP contribution in [0.2, 0.25) is 0 Å². The molecule has 178 valence electrons. The third-order valence-corrected chi connectivity index (χ3v) is 4.68. The van der Waals surface area contributed by atoms with Crippen LogP contribution in [-0.2, 0) is 14.4 Å². The lowest BCUT2D eigenvalue weighted by atomic mass is 9.99. The number of alkyl halides is 2. The van der Waals surface area contributed by atoms with Crippen molar-refractivity contribution >= 4 is 29.1 Å². The Bertz CT molecular complexity index is 1260. The molecule has 0 N–H and O–H groups in total. The predicted octanol–water partition coefficient (Wildman–Crippen LogP) is 3.90. The lowest BCUT2D eigenvalue weighted by molar-refractivity contribution is -0.192. The van der Waals surface area contributed by atoms with Crippen LogP contribution >= 0.6 is 0 Å². The fraction of sp³-hybridized carbons (Fsp3) is 0.190. The van der Waals surface area contributed by atoms with Gasteiger partial charge in [0.2, 0.25) is 11.8 Å². The van der Waals surface area contributed by atoms with Gasteiger partial charge in [-0.1, -0.05) is 5.92 Å². The number of ether oxygens (including phenoxy) is 1. The predicted molar refractivity (Wildman–Crippen MR) is 102 cm³/mol. The summed E-state index contributed by atoms with van der Waals surface area (Å²) in [7, 11) is 0. The van der Waals surface area contributed by atoms with Gasteiger partial charge >= 0.3 is 12.0 Å². The fourth-order valence-electron chi connectivity index (χ4n) is 3.31. The van der Waals surface area contributed by atoms with Crippen LogP contribution in [-0.4, -0.2) is 30.4 Å². The molecule has 0 atom stereocenters. The van der Waals surface area contributed by atoms with Gasteiger partial charge in [0.1, 0.15) is 11.5 Å². The molecule has 34 heavy (non-hydrogen) atoms. The second-order valence-electron chi connectivity index (χ2n) is 6.87. The molecule has 0 unspecified atom stereocenters. The number of carbonyl (C=O) groups excluding carboxylic acids is 3. The van der Waals surface area contributed by atoms with Crippen molar-refractivity contribution in [3.05, 3.63) is 41.2 Å². The molecule has 2 aromatic rings. The number of amides is 3. The highest BCUT2D eigenvalue weighted by Crippen LogP contribution is 2.45. The number of rotatable bonds is 3. The van der Waals surface area contributed by atoms with Crippen molar-refractivity contribution in [1.29, 1.82) is 0 Å². The van der Waals surface area contributed by atoms with Gasteiger partial charge in [0, 0.05) is 25.5 Å². The van der Waals surface area contributed by atoms with Crippen LogP contribution in [0.25, 0.3) is 11.1 Å². The highest BCUT2D eigenvalue weighted by molar-refractivity contribution is 6.13. The van der Waals surface area contributed by atoms with Crippen molar-refractivity contribution in [1.82, 2.24) is 0 Å². The van der Waals surface area contributed by atoms with E-state index >= 15 is 0 Å². The smallest absolute Gasteiger partial charge is 0.423 e. The van der Waals surface area contributed by atoms with Crippen LogP contribution in [0.4, 0.5) is 42.1 Å². The van der Waals surface area contributed by atoms with E-state index in [1.165, 1.54) is 0 Å². The van der Waals surface area contributed by atoms with Gasteiger partial charge in [-0.15, -0.1) is 6.42 Å². The van der Waals surface area contributed by atoms with Crippen molar-refractivity contribution in [3.8, 4) is 29.2 Å². The average Bonchev–Trinajstić information content (AvgIpc) is 2.73. The number of carbonyl (C=O) groups is 3. The maximum atomic E-state index is 14.9. The minimum atomic E-state index is -4.45. The summed E-state index contributed by atoms with van der Waals surface area (Å²) in [6, 6.07) is 0.650. The third-order valence-electron chi connectivity index (χ3n) is 4.68. The molecule has 1 aliphatic rings. The Morgan fingerprint density at radius 2 is 1.56 bits per heavy atom. The van der Waals surface area contributed by atoms with E-state index in [4.69, 9.17) is 6.42 Å². The SMILES string of the molecule is C#CCN1C(=O)C(F)(F)Oc2cc(F)c(-c3c(F)c(F)c(N(C(C)=O)C(C)=O)c(F)c3F)cc21. The largest absolute Gasteiger partial charge is 0.483 e. The first kappa shape index (κ1) is 24.6. The molecule has 0 saturated carbocycles. The van der Waals surface area contributed by atoms with Gasteiger partial charge in [0.25, 0.3) is 0 Å². The molecule has 0 aliphatic carbocycles. The van der Waals surface area contributed by atoms with Crippen LogP contribution in [0, 0.1) is 41.4 Å². The van der Waals surface area contributed by atoms with Gasteiger partial charge in [-0.2, -0.15) is 8.78 Å². The molecule has 0 bridgehead atoms. The van der Waals surface area contributed by atoms with E-state index in [9.17, 15) is 45.1 Å². The molecule has 13 heteroatoms. The molecule has 1 aliphatic heterocycles. The van der Waals surface area contributed by atoms with E-state index in [2.05, 4.69) is 4.74 Å². The minimum Gasteiger partial charge on any atom is -0.423 e. The van der Waals surface area contributed by atoms with Gasteiger partial charge < -0.3 is 4.74 Å². The van der Waals surface area contributed by atoms with Crippen LogP contribution < -0.4 is 14.5 Å². The van der Waals surface area contributed by atoms with Gasteiger partial charge in [-0.3, -0.25) is 19.3 Å². The fourth-order valence-corrected chi connectivity index (χ4v) is 3.31. The van der Waals surface area contributed by atoms with Gasteiger partial charge in [-0.25, -0.2) is 26.9 Å². The van der Waals surface area contributed by atoms with Crippen molar-refractivity contribution in [2.45, 2.75) is 20.0 Å². The summed E-state index contributed by atoms with van der Waals surface area (Å²) in [6.45, 7) is 0.592. The van der Waals surface area contributed by atoms with Crippen molar-refractivity contribution in [2.75, 3.05) is 16.3 Å². The number of anilines is 2. The topological polar surface area (TPSA) is 66.9 Å². The van der Waals surface area contributed by atoms with Gasteiger partial charge in [0.15, 0.2) is 29.0 Å². The van der Waals surface area contributed by atoms with Gasteiger partial charge in [-0.05, 0) is 6.07 Å². The Morgan fingerprint density at radius 3 is 2.03 bits per heavy atom. The molecule has 0 radical (unpaired) electrons. The van der Waals surface area contributed by atoms with Gasteiger partial charge in [0.05, 0.1) is 17.8 Å². The Balaban J connectivity index is 2.32. The number of benzene rings is 2. The molecular weight excluding hydrogens is 477 g/mol. The summed E-state index contributed by atoms with van der Waals surface area (Å²) in [5, 5.41) is 0. The van der Waals surface area contributed by atoms with E-state index in [0.29, 0.717) is 19.9 Å². The van der Waals surface area contributed by atoms with Crippen molar-refractivity contribution in [3.63, 3.8) is 0 Å². The van der Waals surface area contributed by atoms with E-state index in [1.54, 1.807) is 0 Å². The zero-order chi connectivity index (χ0) is 25.7. The number of terminal acetylenes is 1. The Hall–Kier alpha value is -4.08. The third kappa shape index (κ3) is 3.70. The lowest BCUT2D eigenvalue weighted by Crippen LogP contribution is -2.51. The summed E-state index contributed by atoms with van der Waals surface area (Å²) in [4.78, 5) is 35.2. The first-order chi connectivity index (χ1) is 15.7.